The van der Waals surface area contributed by atoms with Crippen LogP contribution in [-0.2, 0) is 24.0 Å². The first kappa shape index (κ1) is 46.8. The molecule has 14 heteroatoms. The van der Waals surface area contributed by atoms with Crippen LogP contribution in [0, 0.1) is 18.3 Å². The number of terminal acetylenes is 1. The fourth-order valence-corrected chi connectivity index (χ4v) is 2.97. The van der Waals surface area contributed by atoms with Gasteiger partial charge in [-0.05, 0) is 50.5 Å². The van der Waals surface area contributed by atoms with Gasteiger partial charge in [-0.2, -0.15) is 11.8 Å². The van der Waals surface area contributed by atoms with Crippen molar-refractivity contribution < 1.29 is 39.0 Å². The summed E-state index contributed by atoms with van der Waals surface area (Å²) >= 11 is 1.75. The van der Waals surface area contributed by atoms with Gasteiger partial charge in [-0.1, -0.05) is 51.1 Å². The third kappa shape index (κ3) is 28.6. The van der Waals surface area contributed by atoms with Crippen molar-refractivity contribution in [2.24, 2.45) is 11.7 Å². The summed E-state index contributed by atoms with van der Waals surface area (Å²) in [5, 5.41) is 26.8. The van der Waals surface area contributed by atoms with Crippen molar-refractivity contribution in [2.45, 2.75) is 66.0 Å². The third-order valence-electron chi connectivity index (χ3n) is 5.14. The summed E-state index contributed by atoms with van der Waals surface area (Å²) in [6, 6.07) is 4.43. The molecule has 13 nitrogen and oxygen atoms in total. The van der Waals surface area contributed by atoms with E-state index in [1.54, 1.807) is 45.5 Å². The first-order valence-corrected chi connectivity index (χ1v) is 16.3. The van der Waals surface area contributed by atoms with Gasteiger partial charge in [0.2, 0.25) is 23.6 Å². The highest BCUT2D eigenvalue weighted by molar-refractivity contribution is 7.97. The maximum atomic E-state index is 12.2. The molecule has 0 aliphatic carbocycles. The number of hydrogen-bond donors (Lipinski definition) is 7. The van der Waals surface area contributed by atoms with Gasteiger partial charge in [0.15, 0.2) is 0 Å². The predicted octanol–water partition coefficient (Wildman–Crippen LogP) is 3.04. The number of benzene rings is 1. The van der Waals surface area contributed by atoms with E-state index in [0.29, 0.717) is 5.69 Å². The van der Waals surface area contributed by atoms with Crippen LogP contribution in [0.15, 0.2) is 48.6 Å². The average Bonchev–Trinajstić information content (AvgIpc) is 3.01. The summed E-state index contributed by atoms with van der Waals surface area (Å²) in [4.78, 5) is 68.2. The van der Waals surface area contributed by atoms with Crippen molar-refractivity contribution >= 4 is 53.0 Å². The lowest BCUT2D eigenvalue weighted by Crippen LogP contribution is -2.53. The summed E-state index contributed by atoms with van der Waals surface area (Å²) in [5.74, 6) is -1.47. The van der Waals surface area contributed by atoms with Gasteiger partial charge >= 0.3 is 11.9 Å². The fourth-order valence-electron chi connectivity index (χ4n) is 2.97. The van der Waals surface area contributed by atoms with E-state index in [9.17, 15) is 28.8 Å². The van der Waals surface area contributed by atoms with Gasteiger partial charge in [-0.25, -0.2) is 4.79 Å². The molecule has 0 saturated heterocycles. The van der Waals surface area contributed by atoms with Gasteiger partial charge < -0.3 is 37.2 Å². The maximum absolute atomic E-state index is 12.2. The molecule has 0 bridgehead atoms. The molecule has 0 aliphatic rings. The number of nitrogens with two attached hydrogens (primary N) is 1. The number of anilines is 1. The van der Waals surface area contributed by atoms with E-state index in [0.717, 1.165) is 6.42 Å². The van der Waals surface area contributed by atoms with Crippen molar-refractivity contribution in [3.05, 3.63) is 54.1 Å². The second kappa shape index (κ2) is 30.1. The van der Waals surface area contributed by atoms with E-state index in [1.807, 2.05) is 43.7 Å². The molecule has 0 aliphatic heterocycles. The Morgan fingerprint density at radius 1 is 1.00 bits per heavy atom. The number of hydrogen-bond acceptors (Lipinski definition) is 8. The summed E-state index contributed by atoms with van der Waals surface area (Å²) < 4.78 is 0. The van der Waals surface area contributed by atoms with Crippen LogP contribution in [0.5, 0.6) is 0 Å². The van der Waals surface area contributed by atoms with Gasteiger partial charge in [0.1, 0.15) is 6.04 Å². The van der Waals surface area contributed by atoms with E-state index in [2.05, 4.69) is 27.2 Å². The highest BCUT2D eigenvalue weighted by Gasteiger charge is 2.24. The third-order valence-corrected chi connectivity index (χ3v) is 5.14. The Labute approximate surface area is 282 Å². The lowest BCUT2D eigenvalue weighted by molar-refractivity contribution is -0.136. The van der Waals surface area contributed by atoms with Crippen LogP contribution in [0.3, 0.4) is 0 Å². The smallest absolute Gasteiger partial charge is 0.335 e. The highest BCUT2D eigenvalue weighted by atomic mass is 32.2. The van der Waals surface area contributed by atoms with Gasteiger partial charge in [-0.15, -0.1) is 12.3 Å². The zero-order valence-electron chi connectivity index (χ0n) is 28.3. The molecule has 1 unspecified atom stereocenters. The second-order valence-corrected chi connectivity index (χ2v) is 10.7. The fraction of sp³-hybridized carbons (Fsp3) is 0.455. The highest BCUT2D eigenvalue weighted by Crippen LogP contribution is 2.11. The number of aliphatic carboxylic acids is 1. The maximum Gasteiger partial charge on any atom is 0.335 e. The number of aromatic carboxylic acids is 1. The summed E-state index contributed by atoms with van der Waals surface area (Å²) in [6.45, 7) is 8.10. The summed E-state index contributed by atoms with van der Waals surface area (Å²) in [7, 11) is 0. The normalized spacial score (nSPS) is 11.1. The SMILES string of the molecule is C#CC/C=C\C=C/C.CC(C)C(NC(=O)CN)C(=O)NCC(=O)N[C@@H](C)CC(=O)Nc1cccc(C(=O)O)c1.CCC(=O)O.CSC. The molecule has 0 saturated carbocycles. The van der Waals surface area contributed by atoms with Gasteiger partial charge in [0.05, 0.1) is 18.7 Å². The first-order chi connectivity index (χ1) is 22.1. The van der Waals surface area contributed by atoms with E-state index in [4.69, 9.17) is 22.4 Å². The topological polar surface area (TPSA) is 217 Å². The van der Waals surface area contributed by atoms with Crippen molar-refractivity contribution in [2.75, 3.05) is 30.9 Å². The van der Waals surface area contributed by atoms with E-state index >= 15 is 0 Å². The quantitative estimate of drug-likeness (QED) is 0.113. The van der Waals surface area contributed by atoms with Crippen molar-refractivity contribution in [1.29, 1.82) is 0 Å². The Kier molecular flexibility index (Phi) is 29.9. The number of amides is 4. The molecule has 0 radical (unpaired) electrons. The van der Waals surface area contributed by atoms with Gasteiger partial charge in [-0.3, -0.25) is 24.0 Å². The van der Waals surface area contributed by atoms with Gasteiger partial charge in [0, 0.05) is 31.0 Å². The van der Waals surface area contributed by atoms with Crippen LogP contribution in [0.2, 0.25) is 0 Å². The Morgan fingerprint density at radius 3 is 2.06 bits per heavy atom. The molecule has 0 spiro atoms. The number of nitrogens with one attached hydrogen (secondary N) is 4. The molecule has 0 fully saturated rings. The Bertz CT molecular complexity index is 1210. The van der Waals surface area contributed by atoms with Crippen LogP contribution >= 0.6 is 11.8 Å². The molecule has 0 heterocycles. The minimum atomic E-state index is -1.11. The molecule has 1 rings (SSSR count). The van der Waals surface area contributed by atoms with Crippen LogP contribution in [0.1, 0.15) is 64.2 Å². The lowest BCUT2D eigenvalue weighted by Gasteiger charge is -2.21. The number of carboxylic acid groups (broad SMARTS) is 2. The average molecular weight is 678 g/mol. The van der Waals surface area contributed by atoms with Crippen molar-refractivity contribution in [3.63, 3.8) is 0 Å². The van der Waals surface area contributed by atoms with E-state index < -0.39 is 47.7 Å². The Morgan fingerprint density at radius 2 is 1.60 bits per heavy atom. The molecular formula is C33H51N5O8S. The zero-order chi connectivity index (χ0) is 36.8. The van der Waals surface area contributed by atoms with Crippen molar-refractivity contribution in [1.82, 2.24) is 16.0 Å². The number of carbonyl (C=O) groups is 6. The molecule has 4 amide bonds. The first-order valence-electron chi connectivity index (χ1n) is 14.7. The largest absolute Gasteiger partial charge is 0.481 e. The van der Waals surface area contributed by atoms with Crippen LogP contribution in [0.25, 0.3) is 0 Å². The second-order valence-electron chi connectivity index (χ2n) is 9.84. The minimum Gasteiger partial charge on any atom is -0.481 e. The molecule has 47 heavy (non-hydrogen) atoms. The van der Waals surface area contributed by atoms with Crippen molar-refractivity contribution in [3.8, 4) is 12.3 Å². The minimum absolute atomic E-state index is 0.0391. The Hall–Kier alpha value is -4.61. The zero-order valence-corrected chi connectivity index (χ0v) is 29.1. The number of thioether (sulfide) groups is 1. The number of carbonyl (C=O) groups excluding carboxylic acids is 4. The molecule has 0 aromatic heterocycles. The standard InChI is InChI=1S/C20H29N5O6.C8H10.C3H6O2.C2H6S/c1-11(2)18(25-16(27)9-21)19(29)22-10-17(28)23-12(3)7-15(26)24-14-6-4-5-13(8-14)20(30)31;1-3-5-7-8-6-4-2;1-2-3(4)5;1-3-2/h4-6,8,11-12,18H,7,9-10,21H2,1-3H3,(H,22,29)(H,23,28)(H,24,26)(H,25,27)(H,30,31);1,4,6-8H,5H2,2H3;2H2,1H3,(H,4,5);1-2H3/b;6-4-,8-7-;;/t12-,18?;;;/m0.../s1. The Balaban J connectivity index is -0.000000993. The van der Waals surface area contributed by atoms with Crippen LogP contribution < -0.4 is 27.0 Å². The molecule has 1 aromatic carbocycles. The predicted molar refractivity (Wildman–Crippen MR) is 188 cm³/mol. The molecule has 262 valence electrons. The summed E-state index contributed by atoms with van der Waals surface area (Å²) in [5.41, 5.74) is 5.61. The molecular weight excluding hydrogens is 626 g/mol. The van der Waals surface area contributed by atoms with E-state index in [1.165, 1.54) is 18.2 Å². The monoisotopic (exact) mass is 677 g/mol. The number of carboxylic acids is 2. The molecule has 2 atom stereocenters. The van der Waals surface area contributed by atoms with Gasteiger partial charge in [0.25, 0.3) is 0 Å². The molecule has 8 N–H and O–H groups in total. The van der Waals surface area contributed by atoms with Crippen LogP contribution in [-0.4, -0.2) is 83.5 Å². The van der Waals surface area contributed by atoms with Crippen LogP contribution in [0.4, 0.5) is 5.69 Å². The molecule has 1 aromatic rings. The number of allylic oxidation sites excluding steroid dienone is 4. The number of rotatable bonds is 14. The van der Waals surface area contributed by atoms with E-state index in [-0.39, 0.29) is 37.4 Å². The summed E-state index contributed by atoms with van der Waals surface area (Å²) in [6.07, 6.45) is 17.8. The lowest BCUT2D eigenvalue weighted by atomic mass is 10.0.